The highest BCUT2D eigenvalue weighted by Crippen LogP contribution is 2.37. The molecule has 2 aromatic carbocycles. The van der Waals surface area contributed by atoms with Crippen LogP contribution in [0.25, 0.3) is 11.3 Å². The molecule has 0 radical (unpaired) electrons. The van der Waals surface area contributed by atoms with Crippen LogP contribution >= 0.6 is 0 Å². The normalized spacial score (nSPS) is 22.0. The third-order valence-electron chi connectivity index (χ3n) is 6.24. The van der Waals surface area contributed by atoms with E-state index in [0.717, 1.165) is 24.9 Å². The number of benzene rings is 2. The quantitative estimate of drug-likeness (QED) is 0.518. The summed E-state index contributed by atoms with van der Waals surface area (Å²) in [6.07, 6.45) is 6.94. The Labute approximate surface area is 183 Å². The summed E-state index contributed by atoms with van der Waals surface area (Å²) in [6.45, 7) is 3.82. The molecule has 4 rings (SSSR count). The van der Waals surface area contributed by atoms with Gasteiger partial charge in [0, 0.05) is 18.2 Å². The van der Waals surface area contributed by atoms with Crippen molar-refractivity contribution >= 4 is 0 Å². The van der Waals surface area contributed by atoms with Crippen LogP contribution in [-0.4, -0.2) is 44.2 Å². The molecule has 3 atom stereocenters. The molecule has 1 N–H and O–H groups in total. The highest BCUT2D eigenvalue weighted by Gasteiger charge is 2.36. The zero-order valence-electron chi connectivity index (χ0n) is 18.1. The second-order valence-electron chi connectivity index (χ2n) is 8.44. The standard InChI is InChI=1S/C25H31FN4O/c1-2-3-4-8-15-29-18-25(31)24(16-23(29)20-9-6-5-7-10-20)30-17-22(27-28-30)19-11-13-21(26)14-12-19/h5-7,9-14,17,23-25,31H,2-4,8,15-16,18H2,1H3/t23-,24+,25+/m1/s1. The number of rotatable bonds is 8. The molecular formula is C25H31FN4O. The molecule has 0 unspecified atom stereocenters. The minimum atomic E-state index is -0.520. The number of piperidine rings is 1. The monoisotopic (exact) mass is 422 g/mol. The number of halogens is 1. The topological polar surface area (TPSA) is 54.2 Å². The van der Waals surface area contributed by atoms with Crippen LogP contribution in [0.1, 0.15) is 56.7 Å². The van der Waals surface area contributed by atoms with E-state index in [2.05, 4.69) is 46.4 Å². The first-order valence-corrected chi connectivity index (χ1v) is 11.3. The summed E-state index contributed by atoms with van der Waals surface area (Å²) in [4.78, 5) is 2.42. The summed E-state index contributed by atoms with van der Waals surface area (Å²) in [5.41, 5.74) is 2.77. The third-order valence-corrected chi connectivity index (χ3v) is 6.24. The van der Waals surface area contributed by atoms with Gasteiger partial charge >= 0.3 is 0 Å². The van der Waals surface area contributed by atoms with Gasteiger partial charge in [0.15, 0.2) is 0 Å². The number of hydrogen-bond acceptors (Lipinski definition) is 4. The van der Waals surface area contributed by atoms with E-state index in [1.165, 1.54) is 37.0 Å². The van der Waals surface area contributed by atoms with E-state index in [-0.39, 0.29) is 17.9 Å². The number of β-amino-alcohol motifs (C(OH)–C–C–N with tert-alkyl or cyclic N) is 1. The molecule has 0 aliphatic carbocycles. The molecule has 0 amide bonds. The second-order valence-corrected chi connectivity index (χ2v) is 8.44. The van der Waals surface area contributed by atoms with Crippen LogP contribution in [0.4, 0.5) is 4.39 Å². The molecule has 3 aromatic rings. The van der Waals surface area contributed by atoms with Gasteiger partial charge in [-0.05, 0) is 49.2 Å². The molecule has 1 aliphatic rings. The van der Waals surface area contributed by atoms with Crippen LogP contribution < -0.4 is 0 Å². The summed E-state index contributed by atoms with van der Waals surface area (Å²) in [5.74, 6) is -0.274. The summed E-state index contributed by atoms with van der Waals surface area (Å²) in [5, 5.41) is 19.6. The largest absolute Gasteiger partial charge is 0.390 e. The maximum atomic E-state index is 13.2. The lowest BCUT2D eigenvalue weighted by Gasteiger charge is -2.42. The van der Waals surface area contributed by atoms with E-state index in [4.69, 9.17) is 0 Å². The summed E-state index contributed by atoms with van der Waals surface area (Å²) >= 11 is 0. The Balaban J connectivity index is 1.53. The smallest absolute Gasteiger partial charge is 0.123 e. The minimum Gasteiger partial charge on any atom is -0.390 e. The zero-order chi connectivity index (χ0) is 21.6. The molecule has 0 bridgehead atoms. The van der Waals surface area contributed by atoms with Crippen molar-refractivity contribution in [3.63, 3.8) is 0 Å². The summed E-state index contributed by atoms with van der Waals surface area (Å²) in [7, 11) is 0. The van der Waals surface area contributed by atoms with Crippen LogP contribution in [0.3, 0.4) is 0 Å². The Kier molecular flexibility index (Phi) is 7.10. The van der Waals surface area contributed by atoms with Gasteiger partial charge in [-0.25, -0.2) is 9.07 Å². The Morgan fingerprint density at radius 1 is 1.03 bits per heavy atom. The van der Waals surface area contributed by atoms with Gasteiger partial charge in [0.2, 0.25) is 0 Å². The van der Waals surface area contributed by atoms with Gasteiger partial charge < -0.3 is 5.11 Å². The van der Waals surface area contributed by atoms with Crippen LogP contribution in [0.5, 0.6) is 0 Å². The fourth-order valence-electron chi connectivity index (χ4n) is 4.51. The first-order chi connectivity index (χ1) is 15.2. The lowest BCUT2D eigenvalue weighted by molar-refractivity contribution is -0.0102. The maximum Gasteiger partial charge on any atom is 0.123 e. The molecule has 1 saturated heterocycles. The predicted molar refractivity (Wildman–Crippen MR) is 120 cm³/mol. The summed E-state index contributed by atoms with van der Waals surface area (Å²) < 4.78 is 15.0. The molecule has 0 saturated carbocycles. The zero-order valence-corrected chi connectivity index (χ0v) is 18.1. The van der Waals surface area contributed by atoms with Crippen molar-refractivity contribution in [3.8, 4) is 11.3 Å². The second kappa shape index (κ2) is 10.2. The van der Waals surface area contributed by atoms with E-state index >= 15 is 0 Å². The van der Waals surface area contributed by atoms with Gasteiger partial charge in [0.25, 0.3) is 0 Å². The molecule has 1 aliphatic heterocycles. The Morgan fingerprint density at radius 3 is 2.55 bits per heavy atom. The van der Waals surface area contributed by atoms with Crippen LogP contribution in [0, 0.1) is 5.82 Å². The number of aromatic nitrogens is 3. The molecule has 164 valence electrons. The van der Waals surface area contributed by atoms with Crippen LogP contribution in [0.2, 0.25) is 0 Å². The highest BCUT2D eigenvalue weighted by atomic mass is 19.1. The Hall–Kier alpha value is -2.57. The van der Waals surface area contributed by atoms with Gasteiger partial charge in [-0.2, -0.15) is 0 Å². The third kappa shape index (κ3) is 5.20. The maximum absolute atomic E-state index is 13.2. The molecule has 1 fully saturated rings. The average molecular weight is 423 g/mol. The van der Waals surface area contributed by atoms with Crippen molar-refractivity contribution < 1.29 is 9.50 Å². The van der Waals surface area contributed by atoms with E-state index < -0.39 is 6.10 Å². The van der Waals surface area contributed by atoms with E-state index in [1.807, 2.05) is 12.3 Å². The van der Waals surface area contributed by atoms with Gasteiger partial charge in [-0.15, -0.1) is 5.10 Å². The minimum absolute atomic E-state index is 0.154. The molecule has 6 heteroatoms. The average Bonchev–Trinajstić information content (AvgIpc) is 3.28. The molecule has 0 spiro atoms. The lowest BCUT2D eigenvalue weighted by Crippen LogP contribution is -2.46. The van der Waals surface area contributed by atoms with Crippen molar-refractivity contribution in [2.24, 2.45) is 0 Å². The van der Waals surface area contributed by atoms with Crippen molar-refractivity contribution in [3.05, 3.63) is 72.2 Å². The van der Waals surface area contributed by atoms with E-state index in [1.54, 1.807) is 16.8 Å². The Morgan fingerprint density at radius 2 is 1.81 bits per heavy atom. The lowest BCUT2D eigenvalue weighted by atomic mass is 9.89. The van der Waals surface area contributed by atoms with Crippen molar-refractivity contribution in [1.82, 2.24) is 19.9 Å². The molecule has 1 aromatic heterocycles. The van der Waals surface area contributed by atoms with Crippen LogP contribution in [0.15, 0.2) is 60.8 Å². The van der Waals surface area contributed by atoms with Crippen LogP contribution in [-0.2, 0) is 0 Å². The number of unbranched alkanes of at least 4 members (excludes halogenated alkanes) is 3. The summed E-state index contributed by atoms with van der Waals surface area (Å²) in [6, 6.07) is 16.9. The van der Waals surface area contributed by atoms with Gasteiger partial charge in [0.1, 0.15) is 11.5 Å². The molecule has 31 heavy (non-hydrogen) atoms. The SMILES string of the molecule is CCCCCCN1C[C@H](O)[C@@H](n2cc(-c3ccc(F)cc3)nn2)C[C@@H]1c1ccccc1. The van der Waals surface area contributed by atoms with Gasteiger partial charge in [-0.3, -0.25) is 4.90 Å². The number of hydrogen-bond donors (Lipinski definition) is 1. The van der Waals surface area contributed by atoms with Crippen molar-refractivity contribution in [2.45, 2.75) is 57.2 Å². The fourth-order valence-corrected chi connectivity index (χ4v) is 4.51. The predicted octanol–water partition coefficient (Wildman–Crippen LogP) is 5.01. The first-order valence-electron chi connectivity index (χ1n) is 11.3. The van der Waals surface area contributed by atoms with Crippen molar-refractivity contribution in [1.29, 1.82) is 0 Å². The number of aliphatic hydroxyl groups is 1. The highest BCUT2D eigenvalue weighted by molar-refractivity contribution is 5.57. The van der Waals surface area contributed by atoms with Gasteiger partial charge in [0.05, 0.1) is 18.3 Å². The molecule has 2 heterocycles. The van der Waals surface area contributed by atoms with E-state index in [9.17, 15) is 9.50 Å². The fraction of sp³-hybridized carbons (Fsp3) is 0.440. The van der Waals surface area contributed by atoms with E-state index in [0.29, 0.717) is 12.2 Å². The molecular weight excluding hydrogens is 391 g/mol. The van der Waals surface area contributed by atoms with Crippen molar-refractivity contribution in [2.75, 3.05) is 13.1 Å². The number of aliphatic hydroxyl groups excluding tert-OH is 1. The number of nitrogens with zero attached hydrogens (tertiary/aromatic N) is 4. The first kappa shape index (κ1) is 21.7. The Bertz CT molecular complexity index is 944. The van der Waals surface area contributed by atoms with Gasteiger partial charge in [-0.1, -0.05) is 61.7 Å². The molecule has 5 nitrogen and oxygen atoms in total. The number of likely N-dealkylation sites (tertiary alicyclic amines) is 1.